The zero-order chi connectivity index (χ0) is 13.1. The van der Waals surface area contributed by atoms with Crippen LogP contribution in [0.25, 0.3) is 0 Å². The molecule has 1 aliphatic heterocycles. The zero-order valence-corrected chi connectivity index (χ0v) is 13.4. The Morgan fingerprint density at radius 3 is 2.44 bits per heavy atom. The smallest absolute Gasteiger partial charge is 0.846 e. The van der Waals surface area contributed by atoms with Crippen LogP contribution >= 0.6 is 0 Å². The van der Waals surface area contributed by atoms with Crippen molar-refractivity contribution < 1.29 is 44.3 Å². The molecule has 0 fully saturated rings. The Bertz CT molecular complexity index is 393. The van der Waals surface area contributed by atoms with Gasteiger partial charge in [0.2, 0.25) is 5.91 Å². The van der Waals surface area contributed by atoms with Crippen LogP contribution < -0.4 is 34.7 Å². The van der Waals surface area contributed by atoms with Crippen molar-refractivity contribution >= 4 is 17.8 Å². The fourth-order valence-electron chi connectivity index (χ4n) is 1.84. The molecular formula is C12H17N2NaO3. The van der Waals surface area contributed by atoms with Crippen molar-refractivity contribution in [2.24, 2.45) is 10.4 Å². The second-order valence-corrected chi connectivity index (χ2v) is 4.08. The van der Waals surface area contributed by atoms with Crippen molar-refractivity contribution in [3.63, 3.8) is 0 Å². The van der Waals surface area contributed by atoms with E-state index in [0.717, 1.165) is 11.3 Å². The predicted molar refractivity (Wildman–Crippen MR) is 62.0 cm³/mol. The van der Waals surface area contributed by atoms with Crippen molar-refractivity contribution in [1.29, 1.82) is 0 Å². The van der Waals surface area contributed by atoms with Crippen molar-refractivity contribution in [2.45, 2.75) is 33.1 Å². The average Bonchev–Trinajstić information content (AvgIpc) is 2.31. The Morgan fingerprint density at radius 2 is 1.94 bits per heavy atom. The van der Waals surface area contributed by atoms with Crippen LogP contribution in [0.5, 0.6) is 0 Å². The standard InChI is InChI=1S/C12H18N2O3.Na/c1-4-6-7-8-12(5-2)9(15)13-11(17)14(3)10(12)16;/h6-7H,4-5,8H2,1-3H3,(H,13,15,17);/q;+1/p-1. The van der Waals surface area contributed by atoms with Gasteiger partial charge in [-0.25, -0.2) is 4.99 Å². The van der Waals surface area contributed by atoms with Gasteiger partial charge in [0.1, 0.15) is 5.41 Å². The molecule has 6 heteroatoms. The molecule has 1 rings (SSSR count). The predicted octanol–water partition coefficient (Wildman–Crippen LogP) is -2.54. The number of carbonyl (C=O) groups excluding carboxylic acids is 2. The monoisotopic (exact) mass is 260 g/mol. The van der Waals surface area contributed by atoms with E-state index in [2.05, 4.69) is 4.99 Å². The van der Waals surface area contributed by atoms with E-state index in [0.29, 0.717) is 12.8 Å². The molecule has 0 saturated carbocycles. The summed E-state index contributed by atoms with van der Waals surface area (Å²) in [5.41, 5.74) is -1.19. The number of allylic oxidation sites excluding steroid dienone is 2. The van der Waals surface area contributed by atoms with Gasteiger partial charge >= 0.3 is 29.6 Å². The summed E-state index contributed by atoms with van der Waals surface area (Å²) in [6, 6.07) is -0.774. The van der Waals surface area contributed by atoms with Crippen molar-refractivity contribution in [3.8, 4) is 0 Å². The summed E-state index contributed by atoms with van der Waals surface area (Å²) in [6.07, 6.45) is 5.19. The molecule has 1 atom stereocenters. The third-order valence-electron chi connectivity index (χ3n) is 3.08. The van der Waals surface area contributed by atoms with Crippen LogP contribution in [0.15, 0.2) is 17.1 Å². The van der Waals surface area contributed by atoms with Gasteiger partial charge in [0.05, 0.1) is 6.02 Å². The molecule has 1 heterocycles. The first kappa shape index (κ1) is 17.4. The molecule has 1 aliphatic rings. The quantitative estimate of drug-likeness (QED) is 0.317. The van der Waals surface area contributed by atoms with Gasteiger partial charge in [-0.15, -0.1) is 0 Å². The van der Waals surface area contributed by atoms with E-state index >= 15 is 0 Å². The van der Waals surface area contributed by atoms with Crippen LogP contribution in [0.4, 0.5) is 0 Å². The van der Waals surface area contributed by atoms with Gasteiger partial charge in [-0.2, -0.15) is 0 Å². The maximum Gasteiger partial charge on any atom is 1.00 e. The molecule has 0 aromatic carbocycles. The minimum Gasteiger partial charge on any atom is -0.846 e. The van der Waals surface area contributed by atoms with Gasteiger partial charge in [-0.3, -0.25) is 9.59 Å². The van der Waals surface area contributed by atoms with Crippen molar-refractivity contribution in [3.05, 3.63) is 12.2 Å². The van der Waals surface area contributed by atoms with Gasteiger partial charge in [0.15, 0.2) is 0 Å². The van der Waals surface area contributed by atoms with E-state index < -0.39 is 23.3 Å². The molecule has 1 unspecified atom stereocenters. The van der Waals surface area contributed by atoms with E-state index in [9.17, 15) is 14.7 Å². The first-order valence-electron chi connectivity index (χ1n) is 5.73. The molecule has 0 aliphatic carbocycles. The van der Waals surface area contributed by atoms with Crippen molar-refractivity contribution in [2.75, 3.05) is 7.05 Å². The largest absolute Gasteiger partial charge is 1.00 e. The van der Waals surface area contributed by atoms with Crippen LogP contribution in [-0.2, 0) is 9.59 Å². The molecular weight excluding hydrogens is 243 g/mol. The van der Waals surface area contributed by atoms with E-state index in [1.54, 1.807) is 13.0 Å². The Balaban J connectivity index is 0.00000289. The van der Waals surface area contributed by atoms with E-state index in [1.165, 1.54) is 7.05 Å². The SMILES string of the molecule is CCC=CCC1(CC)C(=O)N=C([O-])N(C)C1=O.[Na+]. The summed E-state index contributed by atoms with van der Waals surface area (Å²) in [5.74, 6) is -1.07. The van der Waals surface area contributed by atoms with Crippen molar-refractivity contribution in [1.82, 2.24) is 4.90 Å². The summed E-state index contributed by atoms with van der Waals surface area (Å²) in [7, 11) is 1.36. The van der Waals surface area contributed by atoms with Gasteiger partial charge in [-0.05, 0) is 19.3 Å². The van der Waals surface area contributed by atoms with Crippen LogP contribution in [0.3, 0.4) is 0 Å². The number of amidine groups is 1. The Hall–Kier alpha value is -0.650. The molecule has 18 heavy (non-hydrogen) atoms. The number of amides is 2. The zero-order valence-electron chi connectivity index (χ0n) is 11.4. The van der Waals surface area contributed by atoms with Gasteiger partial charge in [0, 0.05) is 7.05 Å². The van der Waals surface area contributed by atoms with Crippen LogP contribution in [0, 0.1) is 5.41 Å². The molecule has 0 aromatic heterocycles. The van der Waals surface area contributed by atoms with Crippen LogP contribution in [-0.4, -0.2) is 29.8 Å². The Labute approximate surface area is 129 Å². The fourth-order valence-corrected chi connectivity index (χ4v) is 1.84. The molecule has 0 spiro atoms. The average molecular weight is 260 g/mol. The molecule has 0 radical (unpaired) electrons. The van der Waals surface area contributed by atoms with Gasteiger partial charge in [-0.1, -0.05) is 26.0 Å². The molecule has 0 aromatic rings. The first-order valence-corrected chi connectivity index (χ1v) is 5.73. The number of carbonyl (C=O) groups is 2. The third-order valence-corrected chi connectivity index (χ3v) is 3.08. The maximum atomic E-state index is 12.1. The van der Waals surface area contributed by atoms with Gasteiger partial charge in [0.25, 0.3) is 5.91 Å². The van der Waals surface area contributed by atoms with Crippen LogP contribution in [0.2, 0.25) is 0 Å². The summed E-state index contributed by atoms with van der Waals surface area (Å²) in [6.45, 7) is 3.73. The van der Waals surface area contributed by atoms with E-state index in [1.807, 2.05) is 13.0 Å². The molecule has 2 amide bonds. The maximum absolute atomic E-state index is 12.1. The molecule has 5 nitrogen and oxygen atoms in total. The summed E-state index contributed by atoms with van der Waals surface area (Å²) >= 11 is 0. The molecule has 94 valence electrons. The van der Waals surface area contributed by atoms with Gasteiger partial charge < -0.3 is 10.0 Å². The number of hydrogen-bond donors (Lipinski definition) is 0. The molecule has 0 N–H and O–H groups in total. The molecule has 0 saturated heterocycles. The molecule has 0 bridgehead atoms. The third kappa shape index (κ3) is 3.02. The minimum absolute atomic E-state index is 0. The number of nitrogens with zero attached hydrogens (tertiary/aromatic N) is 2. The van der Waals surface area contributed by atoms with E-state index in [-0.39, 0.29) is 29.6 Å². The fraction of sp³-hybridized carbons (Fsp3) is 0.583. The Kier molecular flexibility index (Phi) is 6.81. The minimum atomic E-state index is -1.19. The summed E-state index contributed by atoms with van der Waals surface area (Å²) in [5, 5.41) is 11.2. The topological polar surface area (TPSA) is 72.8 Å². The summed E-state index contributed by atoms with van der Waals surface area (Å²) in [4.78, 5) is 28.3. The first-order chi connectivity index (χ1) is 7.99. The van der Waals surface area contributed by atoms with Crippen LogP contribution in [0.1, 0.15) is 33.1 Å². The number of aliphatic imine (C=N–C) groups is 1. The summed E-state index contributed by atoms with van der Waals surface area (Å²) < 4.78 is 0. The second kappa shape index (κ2) is 7.07. The number of rotatable bonds is 4. The Morgan fingerprint density at radius 1 is 1.33 bits per heavy atom. The second-order valence-electron chi connectivity index (χ2n) is 4.08. The number of hydrogen-bond acceptors (Lipinski definition) is 3. The van der Waals surface area contributed by atoms with E-state index in [4.69, 9.17) is 0 Å². The normalized spacial score (nSPS) is 24.2.